The van der Waals surface area contributed by atoms with Gasteiger partial charge in [-0.25, -0.2) is 4.79 Å². The van der Waals surface area contributed by atoms with E-state index in [0.29, 0.717) is 26.1 Å². The van der Waals surface area contributed by atoms with Crippen LogP contribution in [-0.4, -0.2) is 135 Å². The van der Waals surface area contributed by atoms with Crippen LogP contribution < -0.4 is 16.0 Å². The third-order valence-corrected chi connectivity index (χ3v) is 12.3. The van der Waals surface area contributed by atoms with Gasteiger partial charge in [-0.05, 0) is 63.0 Å². The van der Waals surface area contributed by atoms with Gasteiger partial charge in [0.1, 0.15) is 12.1 Å². The lowest BCUT2D eigenvalue weighted by molar-refractivity contribution is -0.148. The molecular formula is C44H74N6O8. The number of nitrogens with zero attached hydrogens (tertiary/aromatic N) is 3. The third-order valence-electron chi connectivity index (χ3n) is 12.3. The quantitative estimate of drug-likeness (QED) is 0.159. The molecule has 0 saturated carbocycles. The fourth-order valence-electron chi connectivity index (χ4n) is 8.67. The molecule has 1 aromatic rings. The van der Waals surface area contributed by atoms with E-state index < -0.39 is 54.5 Å². The van der Waals surface area contributed by atoms with Crippen molar-refractivity contribution in [2.24, 2.45) is 23.7 Å². The number of nitrogens with one attached hydrogen (secondary N) is 3. The van der Waals surface area contributed by atoms with Crippen molar-refractivity contribution in [2.45, 2.75) is 142 Å². The molecule has 58 heavy (non-hydrogen) atoms. The molecule has 0 aliphatic carbocycles. The third kappa shape index (κ3) is 12.4. The highest BCUT2D eigenvalue weighted by molar-refractivity contribution is 5.90. The number of likely N-dealkylation sites (N-methyl/N-ethyl adjacent to an activating group) is 2. The molecule has 14 heteroatoms. The molecule has 3 N–H and O–H groups in total. The zero-order valence-corrected chi connectivity index (χ0v) is 37.3. The summed E-state index contributed by atoms with van der Waals surface area (Å²) in [7, 11) is 6.58. The number of carbonyl (C=O) groups is 5. The van der Waals surface area contributed by atoms with Gasteiger partial charge in [0.2, 0.25) is 23.6 Å². The van der Waals surface area contributed by atoms with Crippen molar-refractivity contribution in [3.05, 3.63) is 35.9 Å². The summed E-state index contributed by atoms with van der Waals surface area (Å²) < 4.78 is 18.1. The average Bonchev–Trinajstić information content (AvgIpc) is 3.92. The minimum atomic E-state index is -0.771. The van der Waals surface area contributed by atoms with Gasteiger partial charge in [-0.2, -0.15) is 0 Å². The van der Waals surface area contributed by atoms with Crippen molar-refractivity contribution >= 4 is 29.7 Å². The minimum Gasteiger partial charge on any atom is -0.439 e. The van der Waals surface area contributed by atoms with Crippen LogP contribution in [0.3, 0.4) is 0 Å². The molecule has 2 heterocycles. The highest BCUT2D eigenvalue weighted by atomic mass is 16.6. The Bertz CT molecular complexity index is 1470. The van der Waals surface area contributed by atoms with E-state index in [0.717, 1.165) is 31.2 Å². The van der Waals surface area contributed by atoms with Crippen LogP contribution in [0.5, 0.6) is 0 Å². The zero-order valence-electron chi connectivity index (χ0n) is 37.3. The predicted octanol–water partition coefficient (Wildman–Crippen LogP) is 4.77. The second-order valence-corrected chi connectivity index (χ2v) is 17.0. The van der Waals surface area contributed by atoms with Crippen LogP contribution in [0.25, 0.3) is 0 Å². The Morgan fingerprint density at radius 2 is 1.45 bits per heavy atom. The Morgan fingerprint density at radius 1 is 0.828 bits per heavy atom. The van der Waals surface area contributed by atoms with Crippen LogP contribution in [0.1, 0.15) is 106 Å². The van der Waals surface area contributed by atoms with Crippen molar-refractivity contribution in [1.82, 2.24) is 30.7 Å². The first-order valence-electron chi connectivity index (χ1n) is 21.4. The van der Waals surface area contributed by atoms with Crippen LogP contribution >= 0.6 is 0 Å². The van der Waals surface area contributed by atoms with Crippen LogP contribution in [0.2, 0.25) is 0 Å². The monoisotopic (exact) mass is 815 g/mol. The molecule has 328 valence electrons. The smallest absolute Gasteiger partial charge is 0.410 e. The number of likely N-dealkylation sites (tertiary alicyclic amines) is 2. The van der Waals surface area contributed by atoms with Crippen molar-refractivity contribution in [2.75, 3.05) is 47.9 Å². The van der Waals surface area contributed by atoms with Gasteiger partial charge in [-0.15, -0.1) is 0 Å². The van der Waals surface area contributed by atoms with E-state index in [9.17, 15) is 24.0 Å². The van der Waals surface area contributed by atoms with Gasteiger partial charge in [-0.3, -0.25) is 19.2 Å². The van der Waals surface area contributed by atoms with E-state index in [1.807, 2.05) is 78.8 Å². The second kappa shape index (κ2) is 23.1. The zero-order chi connectivity index (χ0) is 43.3. The number of rotatable bonds is 21. The normalized spacial score (nSPS) is 20.4. The first kappa shape index (κ1) is 48.6. The van der Waals surface area contributed by atoms with E-state index in [2.05, 4.69) is 16.0 Å². The molecule has 3 rings (SSSR count). The maximum absolute atomic E-state index is 14.3. The van der Waals surface area contributed by atoms with Gasteiger partial charge in [0, 0.05) is 40.9 Å². The summed E-state index contributed by atoms with van der Waals surface area (Å²) in [6, 6.07) is 6.81. The Hall–Kier alpha value is -3.75. The Morgan fingerprint density at radius 3 is 1.98 bits per heavy atom. The summed E-state index contributed by atoms with van der Waals surface area (Å²) in [5.74, 6) is -1.73. The summed E-state index contributed by atoms with van der Waals surface area (Å²) in [6.07, 6.45) is 1.67. The van der Waals surface area contributed by atoms with Crippen LogP contribution in [0.4, 0.5) is 4.79 Å². The molecule has 2 fully saturated rings. The summed E-state index contributed by atoms with van der Waals surface area (Å²) in [5.41, 5.74) is 0.778. The molecule has 2 saturated heterocycles. The van der Waals surface area contributed by atoms with E-state index in [1.54, 1.807) is 49.9 Å². The Kier molecular flexibility index (Phi) is 19.4. The van der Waals surface area contributed by atoms with Crippen molar-refractivity contribution < 1.29 is 38.2 Å². The number of hydrogen-bond acceptors (Lipinski definition) is 9. The molecule has 1 aromatic carbocycles. The number of hydrogen-bond donors (Lipinski definition) is 3. The van der Waals surface area contributed by atoms with E-state index >= 15 is 0 Å². The standard InChI is InChI=1S/C44H74N6O8/c1-13-29(6)38(48(10)43(54)37(28(4)5)47-42(53)36(45-9)27(2)3)34(56-11)26-35(51)50-25-19-22-33(50)39(57-12)30(7)41(52)46-31(8)40(32-20-15-14-16-21-32)58-44(55)49-23-17-18-24-49/h14-16,20-21,27-31,33-34,36-40,45H,13,17-19,22-26H2,1-12H3,(H,46,52)(H,47,53)/t29-,30+,31+,33-,34?,36-,37-,38-,39+,40+/m0/s1. The van der Waals surface area contributed by atoms with Crippen LogP contribution in [0, 0.1) is 23.7 Å². The van der Waals surface area contributed by atoms with Crippen LogP contribution in [-0.2, 0) is 33.4 Å². The lowest BCUT2D eigenvalue weighted by Crippen LogP contribution is -2.59. The Balaban J connectivity index is 1.77. The van der Waals surface area contributed by atoms with Crippen molar-refractivity contribution in [3.63, 3.8) is 0 Å². The van der Waals surface area contributed by atoms with Gasteiger partial charge in [-0.1, -0.05) is 85.2 Å². The van der Waals surface area contributed by atoms with E-state index in [4.69, 9.17) is 14.2 Å². The molecule has 0 radical (unpaired) electrons. The molecular weight excluding hydrogens is 741 g/mol. The highest BCUT2D eigenvalue weighted by Crippen LogP contribution is 2.31. The summed E-state index contributed by atoms with van der Waals surface area (Å²) in [6.45, 7) is 17.2. The molecule has 2 aliphatic heterocycles. The number of amides is 5. The maximum Gasteiger partial charge on any atom is 0.410 e. The summed E-state index contributed by atoms with van der Waals surface area (Å²) >= 11 is 0. The first-order valence-corrected chi connectivity index (χ1v) is 21.4. The number of carbonyl (C=O) groups excluding carboxylic acids is 5. The van der Waals surface area contributed by atoms with Gasteiger partial charge in [0.25, 0.3) is 0 Å². The maximum atomic E-state index is 14.3. The number of ether oxygens (including phenoxy) is 3. The van der Waals surface area contributed by atoms with Crippen LogP contribution in [0.15, 0.2) is 30.3 Å². The first-order chi connectivity index (χ1) is 27.5. The van der Waals surface area contributed by atoms with Crippen molar-refractivity contribution in [1.29, 1.82) is 0 Å². The number of benzene rings is 1. The fourth-order valence-corrected chi connectivity index (χ4v) is 8.67. The topological polar surface area (TPSA) is 159 Å². The molecule has 0 bridgehead atoms. The average molecular weight is 815 g/mol. The van der Waals surface area contributed by atoms with E-state index in [-0.39, 0.29) is 53.8 Å². The predicted molar refractivity (Wildman–Crippen MR) is 225 cm³/mol. The van der Waals surface area contributed by atoms with Gasteiger partial charge >= 0.3 is 6.09 Å². The SMILES string of the molecule is CC[C@H](C)[C@@H](C(CC(=O)N1CCC[C@H]1[C@H](OC)[C@@H](C)C(=O)N[C@H](C)[C@@H](OC(=O)N1CCCC1)c1ccccc1)OC)N(C)C(=O)[C@@H](NC(=O)[C@@H](NC)C(C)C)C(C)C. The molecule has 10 atom stereocenters. The minimum absolute atomic E-state index is 0.0166. The number of methoxy groups -OCH3 is 2. The lowest BCUT2D eigenvalue weighted by Gasteiger charge is -2.41. The second-order valence-electron chi connectivity index (χ2n) is 17.0. The molecule has 14 nitrogen and oxygen atoms in total. The highest BCUT2D eigenvalue weighted by Gasteiger charge is 2.43. The fraction of sp³-hybridized carbons (Fsp3) is 0.750. The molecule has 0 aromatic heterocycles. The van der Waals surface area contributed by atoms with Crippen molar-refractivity contribution in [3.8, 4) is 0 Å². The Labute approximate surface area is 347 Å². The molecule has 2 aliphatic rings. The van der Waals surface area contributed by atoms with Gasteiger partial charge < -0.3 is 44.9 Å². The van der Waals surface area contributed by atoms with Gasteiger partial charge in [0.15, 0.2) is 0 Å². The largest absolute Gasteiger partial charge is 0.439 e. The lowest BCUT2D eigenvalue weighted by atomic mass is 9.89. The molecule has 0 spiro atoms. The van der Waals surface area contributed by atoms with Gasteiger partial charge in [0.05, 0.1) is 48.7 Å². The summed E-state index contributed by atoms with van der Waals surface area (Å²) in [4.78, 5) is 74.0. The molecule has 1 unspecified atom stereocenters. The van der Waals surface area contributed by atoms with E-state index in [1.165, 1.54) is 0 Å². The summed E-state index contributed by atoms with van der Waals surface area (Å²) in [5, 5.41) is 9.14. The molecule has 5 amide bonds.